The highest BCUT2D eigenvalue weighted by atomic mass is 79.9. The zero-order chi connectivity index (χ0) is 18.7. The van der Waals surface area contributed by atoms with Crippen molar-refractivity contribution in [2.24, 2.45) is 7.05 Å². The summed E-state index contributed by atoms with van der Waals surface area (Å²) in [5.41, 5.74) is 2.76. The Morgan fingerprint density at radius 1 is 1.38 bits per heavy atom. The second kappa shape index (κ2) is 8.03. The molecule has 26 heavy (non-hydrogen) atoms. The van der Waals surface area contributed by atoms with Gasteiger partial charge in [-0.25, -0.2) is 0 Å². The Hall–Kier alpha value is -2.15. The molecule has 0 unspecified atom stereocenters. The van der Waals surface area contributed by atoms with E-state index >= 15 is 0 Å². The molecule has 1 aromatic heterocycles. The van der Waals surface area contributed by atoms with Gasteiger partial charge in [0.15, 0.2) is 5.78 Å². The molecule has 1 N–H and O–H groups in total. The van der Waals surface area contributed by atoms with Gasteiger partial charge in [-0.1, -0.05) is 15.9 Å². The molecular formula is C19H22BrN3O3. The minimum absolute atomic E-state index is 0.0181. The van der Waals surface area contributed by atoms with E-state index in [0.717, 1.165) is 29.3 Å². The van der Waals surface area contributed by atoms with Crippen molar-refractivity contribution in [2.45, 2.75) is 38.1 Å². The van der Waals surface area contributed by atoms with Gasteiger partial charge in [0, 0.05) is 35.6 Å². The molecule has 1 amide bonds. The average Bonchev–Trinajstić information content (AvgIpc) is 3.02. The summed E-state index contributed by atoms with van der Waals surface area (Å²) < 4.78 is 7.91. The number of methoxy groups -OCH3 is 1. The molecule has 0 bridgehead atoms. The lowest BCUT2D eigenvalue weighted by atomic mass is 9.93. The van der Waals surface area contributed by atoms with E-state index in [4.69, 9.17) is 4.74 Å². The van der Waals surface area contributed by atoms with Crippen LogP contribution in [0.1, 0.15) is 53.3 Å². The van der Waals surface area contributed by atoms with Crippen molar-refractivity contribution < 1.29 is 14.3 Å². The number of ether oxygens (including phenoxy) is 1. The molecule has 0 fully saturated rings. The normalized spacial score (nSPS) is 16.0. The van der Waals surface area contributed by atoms with Gasteiger partial charge in [0.25, 0.3) is 0 Å². The lowest BCUT2D eigenvalue weighted by Gasteiger charge is -2.23. The number of fused-ring (bicyclic) bond motifs is 1. The minimum Gasteiger partial charge on any atom is -0.496 e. The number of nitrogens with one attached hydrogen (secondary N) is 1. The third-order valence-electron chi connectivity index (χ3n) is 4.75. The van der Waals surface area contributed by atoms with Crippen LogP contribution in [0.25, 0.3) is 0 Å². The van der Waals surface area contributed by atoms with Crippen molar-refractivity contribution in [1.82, 2.24) is 15.1 Å². The van der Waals surface area contributed by atoms with Crippen LogP contribution in [0, 0.1) is 0 Å². The lowest BCUT2D eigenvalue weighted by Crippen LogP contribution is -2.31. The molecular weight excluding hydrogens is 398 g/mol. The number of ketones is 1. The van der Waals surface area contributed by atoms with Gasteiger partial charge in [0.2, 0.25) is 5.91 Å². The van der Waals surface area contributed by atoms with E-state index in [9.17, 15) is 9.59 Å². The van der Waals surface area contributed by atoms with E-state index in [1.165, 1.54) is 12.8 Å². The summed E-state index contributed by atoms with van der Waals surface area (Å²) in [6, 6.07) is 5.26. The molecule has 1 atom stereocenters. The van der Waals surface area contributed by atoms with Crippen molar-refractivity contribution in [3.05, 3.63) is 45.7 Å². The quantitative estimate of drug-likeness (QED) is 0.728. The van der Waals surface area contributed by atoms with Gasteiger partial charge in [-0.15, -0.1) is 0 Å². The Labute approximate surface area is 161 Å². The molecule has 2 aromatic rings. The van der Waals surface area contributed by atoms with Gasteiger partial charge < -0.3 is 10.1 Å². The summed E-state index contributed by atoms with van der Waals surface area (Å²) in [5.74, 6) is 0.295. The largest absolute Gasteiger partial charge is 0.496 e. The highest BCUT2D eigenvalue weighted by molar-refractivity contribution is 9.10. The summed E-state index contributed by atoms with van der Waals surface area (Å²) >= 11 is 3.36. The monoisotopic (exact) mass is 419 g/mol. The zero-order valence-electron chi connectivity index (χ0n) is 14.9. The summed E-state index contributed by atoms with van der Waals surface area (Å²) in [5, 5.41) is 7.34. The summed E-state index contributed by atoms with van der Waals surface area (Å²) in [7, 11) is 3.45. The zero-order valence-corrected chi connectivity index (χ0v) is 16.5. The summed E-state index contributed by atoms with van der Waals surface area (Å²) in [4.78, 5) is 24.8. The second-order valence-electron chi connectivity index (χ2n) is 6.45. The molecule has 1 aliphatic rings. The first-order chi connectivity index (χ1) is 12.5. The first-order valence-electron chi connectivity index (χ1n) is 8.66. The van der Waals surface area contributed by atoms with Crippen LogP contribution >= 0.6 is 15.9 Å². The number of aromatic nitrogens is 2. The smallest absolute Gasteiger partial charge is 0.220 e. The lowest BCUT2D eigenvalue weighted by molar-refractivity contribution is -0.121. The van der Waals surface area contributed by atoms with Crippen molar-refractivity contribution in [3.63, 3.8) is 0 Å². The van der Waals surface area contributed by atoms with E-state index in [1.807, 2.05) is 24.0 Å². The van der Waals surface area contributed by atoms with Crippen molar-refractivity contribution >= 4 is 27.6 Å². The molecule has 1 heterocycles. The molecule has 6 nitrogen and oxygen atoms in total. The highest BCUT2D eigenvalue weighted by Gasteiger charge is 2.25. The number of hydrogen-bond donors (Lipinski definition) is 1. The first kappa shape index (κ1) is 18.6. The number of hydrogen-bond acceptors (Lipinski definition) is 4. The van der Waals surface area contributed by atoms with E-state index in [0.29, 0.717) is 11.3 Å². The van der Waals surface area contributed by atoms with Crippen LogP contribution in [0.3, 0.4) is 0 Å². The molecule has 0 saturated carbocycles. The van der Waals surface area contributed by atoms with E-state index < -0.39 is 0 Å². The SMILES string of the molecule is COc1ccc(Br)cc1C(=O)CCC(=O)N[C@@H]1CCCc2c1cnn2C. The van der Waals surface area contributed by atoms with Gasteiger partial charge in [0.05, 0.1) is 24.9 Å². The number of carbonyl (C=O) groups excluding carboxylic acids is 2. The van der Waals surface area contributed by atoms with Gasteiger partial charge in [-0.05, 0) is 37.5 Å². The van der Waals surface area contributed by atoms with Crippen molar-refractivity contribution in [2.75, 3.05) is 7.11 Å². The second-order valence-corrected chi connectivity index (χ2v) is 7.37. The Balaban J connectivity index is 1.60. The number of rotatable bonds is 6. The summed E-state index contributed by atoms with van der Waals surface area (Å²) in [6.45, 7) is 0. The maximum atomic E-state index is 12.5. The molecule has 0 radical (unpaired) electrons. The van der Waals surface area contributed by atoms with Gasteiger partial charge in [0.1, 0.15) is 5.75 Å². The van der Waals surface area contributed by atoms with Gasteiger partial charge in [-0.3, -0.25) is 14.3 Å². The molecule has 0 aliphatic heterocycles. The standard InChI is InChI=1S/C19H22BrN3O3/c1-23-16-5-3-4-15(14(16)11-21-23)22-19(25)9-7-17(24)13-10-12(20)6-8-18(13)26-2/h6,8,10-11,15H,3-5,7,9H2,1-2H3,(H,22,25)/t15-/m1/s1. The number of amides is 1. The maximum absolute atomic E-state index is 12.5. The maximum Gasteiger partial charge on any atom is 0.220 e. The van der Waals surface area contributed by atoms with E-state index in [1.54, 1.807) is 12.1 Å². The average molecular weight is 420 g/mol. The number of nitrogens with zero attached hydrogens (tertiary/aromatic N) is 2. The third-order valence-corrected chi connectivity index (χ3v) is 5.25. The minimum atomic E-state index is -0.117. The number of aryl methyl sites for hydroxylation is 1. The van der Waals surface area contributed by atoms with Crippen LogP contribution in [0.4, 0.5) is 0 Å². The Bertz CT molecular complexity index is 831. The fourth-order valence-electron chi connectivity index (χ4n) is 3.38. The number of benzene rings is 1. The molecule has 0 saturated heterocycles. The van der Waals surface area contributed by atoms with Crippen LogP contribution < -0.4 is 10.1 Å². The number of halogens is 1. The number of Topliss-reactive ketones (excluding diaryl/α,β-unsaturated/α-hetero) is 1. The Morgan fingerprint density at radius 2 is 2.19 bits per heavy atom. The predicted octanol–water partition coefficient (Wildman–Crippen LogP) is 3.35. The Morgan fingerprint density at radius 3 is 2.96 bits per heavy atom. The van der Waals surface area contributed by atoms with Crippen LogP contribution in [0.5, 0.6) is 5.75 Å². The van der Waals surface area contributed by atoms with Crippen molar-refractivity contribution in [1.29, 1.82) is 0 Å². The van der Waals surface area contributed by atoms with Gasteiger partial charge in [-0.2, -0.15) is 5.10 Å². The first-order valence-corrected chi connectivity index (χ1v) is 9.45. The summed E-state index contributed by atoms with van der Waals surface area (Å²) in [6.07, 6.45) is 5.03. The molecule has 3 rings (SSSR count). The van der Waals surface area contributed by atoms with E-state index in [2.05, 4.69) is 26.3 Å². The Kier molecular flexibility index (Phi) is 5.76. The van der Waals surface area contributed by atoms with Crippen LogP contribution in [0.15, 0.2) is 28.9 Å². The van der Waals surface area contributed by atoms with Gasteiger partial charge >= 0.3 is 0 Å². The predicted molar refractivity (Wildman–Crippen MR) is 101 cm³/mol. The fourth-order valence-corrected chi connectivity index (χ4v) is 3.74. The van der Waals surface area contributed by atoms with Crippen LogP contribution in [-0.4, -0.2) is 28.6 Å². The molecule has 138 valence electrons. The topological polar surface area (TPSA) is 73.2 Å². The third kappa shape index (κ3) is 3.98. The fraction of sp³-hybridized carbons (Fsp3) is 0.421. The molecule has 0 spiro atoms. The number of carbonyl (C=O) groups is 2. The molecule has 7 heteroatoms. The van der Waals surface area contributed by atoms with Crippen LogP contribution in [-0.2, 0) is 18.3 Å². The van der Waals surface area contributed by atoms with Crippen LogP contribution in [0.2, 0.25) is 0 Å². The molecule has 1 aliphatic carbocycles. The molecule has 1 aromatic carbocycles. The van der Waals surface area contributed by atoms with E-state index in [-0.39, 0.29) is 30.6 Å². The van der Waals surface area contributed by atoms with Crippen molar-refractivity contribution in [3.8, 4) is 5.75 Å². The highest BCUT2D eigenvalue weighted by Crippen LogP contribution is 2.29.